The van der Waals surface area contributed by atoms with Crippen LogP contribution in [0.5, 0.6) is 0 Å². The van der Waals surface area contributed by atoms with Gasteiger partial charge in [-0.25, -0.2) is 0 Å². The van der Waals surface area contributed by atoms with Crippen molar-refractivity contribution in [1.82, 2.24) is 16.0 Å². The van der Waals surface area contributed by atoms with E-state index in [1.807, 2.05) is 21.1 Å². The van der Waals surface area contributed by atoms with E-state index in [4.69, 9.17) is 5.73 Å². The largest absolute Gasteiger partial charge is 0.313 e. The van der Waals surface area contributed by atoms with Gasteiger partial charge in [-0.1, -0.05) is 6.92 Å². The normalized spacial score (nSPS) is 15.0. The van der Waals surface area contributed by atoms with Crippen LogP contribution in [0.1, 0.15) is 13.3 Å². The summed E-state index contributed by atoms with van der Waals surface area (Å²) < 4.78 is 0. The van der Waals surface area contributed by atoms with Gasteiger partial charge in [0, 0.05) is 0 Å². The molecule has 0 aliphatic rings. The second-order valence-corrected chi connectivity index (χ2v) is 2.59. The van der Waals surface area contributed by atoms with Crippen molar-refractivity contribution in [2.45, 2.75) is 25.2 Å². The molecule has 0 aliphatic carbocycles. The highest BCUT2D eigenvalue weighted by atomic mass is 15.3. The predicted octanol–water partition coefficient (Wildman–Crippen LogP) is -0.964. The maximum atomic E-state index is 5.85. The van der Waals surface area contributed by atoms with Crippen LogP contribution in [0.3, 0.4) is 0 Å². The zero-order valence-electron chi connectivity index (χ0n) is 7.86. The minimum atomic E-state index is -0.200. The lowest BCUT2D eigenvalue weighted by atomic mass is 10.0. The van der Waals surface area contributed by atoms with Crippen LogP contribution in [-0.4, -0.2) is 33.0 Å². The Morgan fingerprint density at radius 1 is 1.27 bits per heavy atom. The molecule has 0 amide bonds. The molecule has 0 aromatic carbocycles. The summed E-state index contributed by atoms with van der Waals surface area (Å²) in [6.07, 6.45) is 0.852. The number of likely N-dealkylation sites (N-methyl/N-ethyl adjacent to an activating group) is 3. The molecule has 0 radical (unpaired) electrons. The molecule has 0 aromatic rings. The van der Waals surface area contributed by atoms with Gasteiger partial charge < -0.3 is 11.1 Å². The van der Waals surface area contributed by atoms with Gasteiger partial charge in [0.15, 0.2) is 0 Å². The van der Waals surface area contributed by atoms with Crippen LogP contribution in [-0.2, 0) is 0 Å². The fourth-order valence-electron chi connectivity index (χ4n) is 1.26. The maximum absolute atomic E-state index is 5.85. The molecule has 0 aliphatic heterocycles. The number of rotatable bonds is 5. The van der Waals surface area contributed by atoms with E-state index in [1.54, 1.807) is 0 Å². The molecule has 0 heterocycles. The summed E-state index contributed by atoms with van der Waals surface area (Å²) >= 11 is 0. The van der Waals surface area contributed by atoms with Gasteiger partial charge in [-0.3, -0.25) is 10.6 Å². The summed E-state index contributed by atoms with van der Waals surface area (Å²) in [6, 6.07) is 0. The van der Waals surface area contributed by atoms with Crippen molar-refractivity contribution in [1.29, 1.82) is 0 Å². The first-order chi connectivity index (χ1) is 5.16. The Morgan fingerprint density at radius 2 is 1.73 bits per heavy atom. The quantitative estimate of drug-likeness (QED) is 0.391. The standard InChI is InChI=1S/C7H20N4/c1-5-7(10-3,11-4)6(8)9-2/h6,9-11H,5,8H2,1-4H3/t6-/m1/s1. The van der Waals surface area contributed by atoms with Crippen LogP contribution in [0.2, 0.25) is 0 Å². The van der Waals surface area contributed by atoms with E-state index in [1.165, 1.54) is 0 Å². The van der Waals surface area contributed by atoms with Crippen LogP contribution in [0.25, 0.3) is 0 Å². The van der Waals surface area contributed by atoms with Crippen molar-refractivity contribution >= 4 is 0 Å². The Hall–Kier alpha value is -0.160. The van der Waals surface area contributed by atoms with E-state index >= 15 is 0 Å². The van der Waals surface area contributed by atoms with Gasteiger partial charge in [-0.15, -0.1) is 0 Å². The number of nitrogens with two attached hydrogens (primary N) is 1. The Balaban J connectivity index is 4.26. The minimum absolute atomic E-state index is 0.0810. The smallest absolute Gasteiger partial charge is 0.0970 e. The molecule has 68 valence electrons. The molecule has 4 heteroatoms. The van der Waals surface area contributed by atoms with Crippen LogP contribution in [0.15, 0.2) is 0 Å². The monoisotopic (exact) mass is 160 g/mol. The van der Waals surface area contributed by atoms with Crippen LogP contribution >= 0.6 is 0 Å². The van der Waals surface area contributed by atoms with Crippen molar-refractivity contribution in [3.05, 3.63) is 0 Å². The van der Waals surface area contributed by atoms with Crippen molar-refractivity contribution < 1.29 is 0 Å². The van der Waals surface area contributed by atoms with E-state index in [0.717, 1.165) is 6.42 Å². The molecule has 0 aromatic heterocycles. The minimum Gasteiger partial charge on any atom is -0.313 e. The Labute approximate surface area is 68.9 Å². The highest BCUT2D eigenvalue weighted by Crippen LogP contribution is 2.05. The highest BCUT2D eigenvalue weighted by molar-refractivity contribution is 4.89. The molecule has 1 atom stereocenters. The van der Waals surface area contributed by atoms with Crippen LogP contribution in [0.4, 0.5) is 0 Å². The topological polar surface area (TPSA) is 62.1 Å². The van der Waals surface area contributed by atoms with E-state index < -0.39 is 0 Å². The summed E-state index contributed by atoms with van der Waals surface area (Å²) in [6.45, 7) is 2.09. The first kappa shape index (κ1) is 10.8. The van der Waals surface area contributed by atoms with Crippen molar-refractivity contribution in [3.8, 4) is 0 Å². The second kappa shape index (κ2) is 4.66. The van der Waals surface area contributed by atoms with Crippen molar-refractivity contribution in [2.75, 3.05) is 21.1 Å². The molecular weight excluding hydrogens is 140 g/mol. The molecule has 11 heavy (non-hydrogen) atoms. The molecular formula is C7H20N4. The SMILES string of the molecule is CCC(NC)(NC)[C@H](N)NC. The van der Waals surface area contributed by atoms with Crippen LogP contribution < -0.4 is 21.7 Å². The first-order valence-electron chi connectivity index (χ1n) is 3.97. The Kier molecular flexibility index (Phi) is 4.60. The van der Waals surface area contributed by atoms with Crippen molar-refractivity contribution in [2.24, 2.45) is 5.73 Å². The molecule has 4 nitrogen and oxygen atoms in total. The van der Waals surface area contributed by atoms with Crippen LogP contribution in [0, 0.1) is 0 Å². The van der Waals surface area contributed by atoms with Gasteiger partial charge >= 0.3 is 0 Å². The lowest BCUT2D eigenvalue weighted by Crippen LogP contribution is -2.68. The van der Waals surface area contributed by atoms with Gasteiger partial charge in [0.05, 0.1) is 11.8 Å². The maximum Gasteiger partial charge on any atom is 0.0970 e. The third-order valence-corrected chi connectivity index (χ3v) is 2.29. The zero-order chi connectivity index (χ0) is 8.91. The summed E-state index contributed by atoms with van der Waals surface area (Å²) in [5, 5.41) is 9.35. The van der Waals surface area contributed by atoms with E-state index in [0.29, 0.717) is 0 Å². The lowest BCUT2D eigenvalue weighted by Gasteiger charge is -2.37. The zero-order valence-corrected chi connectivity index (χ0v) is 7.86. The average molecular weight is 160 g/mol. The fraction of sp³-hybridized carbons (Fsp3) is 1.00. The van der Waals surface area contributed by atoms with Gasteiger partial charge in [-0.2, -0.15) is 0 Å². The van der Waals surface area contributed by atoms with Crippen molar-refractivity contribution in [3.63, 3.8) is 0 Å². The van der Waals surface area contributed by atoms with E-state index in [9.17, 15) is 0 Å². The Morgan fingerprint density at radius 3 is 1.82 bits per heavy atom. The summed E-state index contributed by atoms with van der Waals surface area (Å²) in [5.41, 5.74) is 5.65. The lowest BCUT2D eigenvalue weighted by molar-refractivity contribution is 0.209. The first-order valence-corrected chi connectivity index (χ1v) is 3.97. The molecule has 0 bridgehead atoms. The number of hydrogen-bond acceptors (Lipinski definition) is 4. The Bertz CT molecular complexity index is 92.3. The van der Waals surface area contributed by atoms with E-state index in [-0.39, 0.29) is 11.8 Å². The highest BCUT2D eigenvalue weighted by Gasteiger charge is 2.30. The molecule has 0 saturated carbocycles. The fourth-order valence-corrected chi connectivity index (χ4v) is 1.26. The number of nitrogens with one attached hydrogen (secondary N) is 3. The predicted molar refractivity (Wildman–Crippen MR) is 48.2 cm³/mol. The van der Waals surface area contributed by atoms with Gasteiger partial charge in [0.1, 0.15) is 0 Å². The molecule has 5 N–H and O–H groups in total. The molecule has 0 fully saturated rings. The number of hydrogen-bond donors (Lipinski definition) is 4. The molecule has 0 saturated heterocycles. The molecule has 0 spiro atoms. The molecule has 0 rings (SSSR count). The summed E-state index contributed by atoms with van der Waals surface area (Å²) in [5.74, 6) is 0. The molecule has 0 unspecified atom stereocenters. The van der Waals surface area contributed by atoms with E-state index in [2.05, 4.69) is 22.9 Å². The summed E-state index contributed by atoms with van der Waals surface area (Å²) in [4.78, 5) is 0. The third kappa shape index (κ3) is 2.13. The average Bonchev–Trinajstić information content (AvgIpc) is 2.08. The summed E-state index contributed by atoms with van der Waals surface area (Å²) in [7, 11) is 5.65. The second-order valence-electron chi connectivity index (χ2n) is 2.59. The van der Waals surface area contributed by atoms with Gasteiger partial charge in [0.2, 0.25) is 0 Å². The third-order valence-electron chi connectivity index (χ3n) is 2.29. The van der Waals surface area contributed by atoms with Gasteiger partial charge in [0.25, 0.3) is 0 Å². The van der Waals surface area contributed by atoms with Gasteiger partial charge in [-0.05, 0) is 27.6 Å².